The Labute approximate surface area is 67.1 Å². The van der Waals surface area contributed by atoms with Gasteiger partial charge in [-0.25, -0.2) is 4.79 Å². The van der Waals surface area contributed by atoms with Crippen molar-refractivity contribution in [2.45, 2.75) is 20.1 Å². The number of hydrogen-bond acceptors (Lipinski definition) is 3. The predicted molar refractivity (Wildman–Crippen MR) is 38.3 cm³/mol. The summed E-state index contributed by atoms with van der Waals surface area (Å²) in [5, 5.41) is 0. The fraction of sp³-hybridized carbons (Fsp3) is 0.500. The molecule has 0 radical (unpaired) electrons. The molecule has 3 nitrogen and oxygen atoms in total. The number of carbonyl (C=O) groups excluding carboxylic acids is 1. The highest BCUT2D eigenvalue weighted by molar-refractivity contribution is 9.12. The summed E-state index contributed by atoms with van der Waals surface area (Å²) in [6.45, 7) is 3.38. The van der Waals surface area contributed by atoms with Crippen molar-refractivity contribution < 1.29 is 14.3 Å². The molecule has 1 aliphatic heterocycles. The Bertz CT molecular complexity index is 197. The average molecular weight is 207 g/mol. The zero-order valence-electron chi connectivity index (χ0n) is 5.68. The summed E-state index contributed by atoms with van der Waals surface area (Å²) in [6, 6.07) is 0. The van der Waals surface area contributed by atoms with Crippen LogP contribution in [0.4, 0.5) is 0 Å². The fourth-order valence-corrected chi connectivity index (χ4v) is 0.858. The minimum atomic E-state index is -0.464. The van der Waals surface area contributed by atoms with Crippen molar-refractivity contribution in [2.24, 2.45) is 0 Å². The third-order valence-corrected chi connectivity index (χ3v) is 1.99. The van der Waals surface area contributed by atoms with E-state index in [4.69, 9.17) is 9.47 Å². The lowest BCUT2D eigenvalue weighted by Crippen LogP contribution is -2.23. The quantitative estimate of drug-likeness (QED) is 0.565. The molecular weight excluding hydrogens is 200 g/mol. The molecule has 0 aliphatic carbocycles. The molecule has 1 rings (SSSR count). The molecule has 0 spiro atoms. The SMILES string of the molecule is CC1=C(Br)C(=O)O[C@H](C)O1. The predicted octanol–water partition coefficient (Wildman–Crippen LogP) is 1.53. The number of cyclic esters (lactones) is 1. The summed E-state index contributed by atoms with van der Waals surface area (Å²) in [5.74, 6) is 0.208. The van der Waals surface area contributed by atoms with Gasteiger partial charge in [0.05, 0.1) is 0 Å². The van der Waals surface area contributed by atoms with E-state index in [2.05, 4.69) is 15.9 Å². The second-order valence-electron chi connectivity index (χ2n) is 1.96. The molecule has 0 saturated heterocycles. The van der Waals surface area contributed by atoms with Crippen LogP contribution in [0.15, 0.2) is 10.2 Å². The van der Waals surface area contributed by atoms with Gasteiger partial charge in [-0.3, -0.25) is 0 Å². The molecule has 1 atom stereocenters. The van der Waals surface area contributed by atoms with E-state index in [-0.39, 0.29) is 5.97 Å². The first kappa shape index (κ1) is 7.60. The Hall–Kier alpha value is -0.510. The lowest BCUT2D eigenvalue weighted by atomic mass is 10.4. The smallest absolute Gasteiger partial charge is 0.351 e. The molecule has 0 N–H and O–H groups in total. The number of esters is 1. The van der Waals surface area contributed by atoms with Crippen LogP contribution in [0.1, 0.15) is 13.8 Å². The van der Waals surface area contributed by atoms with E-state index in [1.165, 1.54) is 0 Å². The van der Waals surface area contributed by atoms with Gasteiger partial charge in [-0.2, -0.15) is 0 Å². The number of carbonyl (C=O) groups is 1. The molecule has 0 amide bonds. The van der Waals surface area contributed by atoms with E-state index >= 15 is 0 Å². The van der Waals surface area contributed by atoms with Gasteiger partial charge in [0.2, 0.25) is 6.29 Å². The van der Waals surface area contributed by atoms with Crippen molar-refractivity contribution in [1.82, 2.24) is 0 Å². The maximum absolute atomic E-state index is 10.8. The van der Waals surface area contributed by atoms with E-state index in [9.17, 15) is 4.79 Å². The molecule has 10 heavy (non-hydrogen) atoms. The second kappa shape index (κ2) is 2.62. The Balaban J connectivity index is 2.85. The van der Waals surface area contributed by atoms with E-state index in [1.54, 1.807) is 13.8 Å². The molecule has 0 aromatic rings. The summed E-state index contributed by atoms with van der Waals surface area (Å²) >= 11 is 3.03. The highest BCUT2D eigenvalue weighted by Crippen LogP contribution is 2.22. The molecule has 1 heterocycles. The molecular formula is C6H7BrO3. The number of allylic oxidation sites excluding steroid dienone is 1. The van der Waals surface area contributed by atoms with Gasteiger partial charge in [0.15, 0.2) is 0 Å². The molecule has 56 valence electrons. The minimum absolute atomic E-state index is 0.365. The Morgan fingerprint density at radius 1 is 1.50 bits per heavy atom. The topological polar surface area (TPSA) is 35.5 Å². The third kappa shape index (κ3) is 1.31. The first-order chi connectivity index (χ1) is 4.61. The Morgan fingerprint density at radius 3 is 2.60 bits per heavy atom. The van der Waals surface area contributed by atoms with E-state index in [1.807, 2.05) is 0 Å². The van der Waals surface area contributed by atoms with E-state index in [0.717, 1.165) is 0 Å². The average Bonchev–Trinajstić information content (AvgIpc) is 1.82. The number of ether oxygens (including phenoxy) is 2. The van der Waals surface area contributed by atoms with Gasteiger partial charge in [0.25, 0.3) is 0 Å². The fourth-order valence-electron chi connectivity index (χ4n) is 0.671. The van der Waals surface area contributed by atoms with Gasteiger partial charge in [0, 0.05) is 6.92 Å². The maximum atomic E-state index is 10.8. The zero-order chi connectivity index (χ0) is 7.72. The molecule has 0 fully saturated rings. The van der Waals surface area contributed by atoms with Crippen molar-refractivity contribution in [3.8, 4) is 0 Å². The Morgan fingerprint density at radius 2 is 2.10 bits per heavy atom. The van der Waals surface area contributed by atoms with Crippen LogP contribution < -0.4 is 0 Å². The standard InChI is InChI=1S/C6H7BrO3/c1-3-5(7)6(8)10-4(2)9-3/h4H,1-2H3/t4-/m1/s1. The minimum Gasteiger partial charge on any atom is -0.458 e. The third-order valence-electron chi connectivity index (χ3n) is 1.10. The molecule has 0 bridgehead atoms. The zero-order valence-corrected chi connectivity index (χ0v) is 7.27. The van der Waals surface area contributed by atoms with Crippen LogP contribution in [-0.4, -0.2) is 12.3 Å². The van der Waals surface area contributed by atoms with Gasteiger partial charge >= 0.3 is 5.97 Å². The highest BCUT2D eigenvalue weighted by Gasteiger charge is 2.22. The molecule has 0 unspecified atom stereocenters. The van der Waals surface area contributed by atoms with Gasteiger partial charge in [-0.15, -0.1) is 0 Å². The number of halogens is 1. The van der Waals surface area contributed by atoms with Crippen molar-refractivity contribution >= 4 is 21.9 Å². The summed E-state index contributed by atoms with van der Waals surface area (Å²) in [5.41, 5.74) is 0. The largest absolute Gasteiger partial charge is 0.458 e. The van der Waals surface area contributed by atoms with Gasteiger partial charge in [-0.1, -0.05) is 0 Å². The van der Waals surface area contributed by atoms with Crippen LogP contribution >= 0.6 is 15.9 Å². The molecule has 0 aromatic heterocycles. The number of hydrogen-bond donors (Lipinski definition) is 0. The molecule has 4 heteroatoms. The molecule has 0 saturated carbocycles. The monoisotopic (exact) mass is 206 g/mol. The van der Waals surface area contributed by atoms with Crippen molar-refractivity contribution in [3.63, 3.8) is 0 Å². The first-order valence-corrected chi connectivity index (χ1v) is 3.64. The van der Waals surface area contributed by atoms with Gasteiger partial charge < -0.3 is 9.47 Å². The normalized spacial score (nSPS) is 25.9. The van der Waals surface area contributed by atoms with Crippen LogP contribution in [-0.2, 0) is 14.3 Å². The van der Waals surface area contributed by atoms with Crippen molar-refractivity contribution in [2.75, 3.05) is 0 Å². The molecule has 1 aliphatic rings. The van der Waals surface area contributed by atoms with Crippen LogP contribution in [0.25, 0.3) is 0 Å². The van der Waals surface area contributed by atoms with Gasteiger partial charge in [-0.05, 0) is 22.9 Å². The van der Waals surface area contributed by atoms with Crippen LogP contribution in [0.5, 0.6) is 0 Å². The highest BCUT2D eigenvalue weighted by atomic mass is 79.9. The second-order valence-corrected chi connectivity index (χ2v) is 2.75. The van der Waals surface area contributed by atoms with Crippen LogP contribution in [0.2, 0.25) is 0 Å². The van der Waals surface area contributed by atoms with Gasteiger partial charge in [0.1, 0.15) is 10.2 Å². The summed E-state index contributed by atoms with van der Waals surface area (Å²) in [6.07, 6.45) is -0.464. The Kier molecular flexibility index (Phi) is 1.99. The van der Waals surface area contributed by atoms with E-state index < -0.39 is 6.29 Å². The lowest BCUT2D eigenvalue weighted by Gasteiger charge is -2.21. The summed E-state index contributed by atoms with van der Waals surface area (Å²) in [4.78, 5) is 10.8. The summed E-state index contributed by atoms with van der Waals surface area (Å²) in [7, 11) is 0. The van der Waals surface area contributed by atoms with Crippen LogP contribution in [0.3, 0.4) is 0 Å². The lowest BCUT2D eigenvalue weighted by molar-refractivity contribution is -0.168. The van der Waals surface area contributed by atoms with Crippen molar-refractivity contribution in [3.05, 3.63) is 10.2 Å². The molecule has 0 aromatic carbocycles. The summed E-state index contributed by atoms with van der Waals surface area (Å²) < 4.78 is 10.1. The first-order valence-electron chi connectivity index (χ1n) is 2.85. The van der Waals surface area contributed by atoms with Crippen LogP contribution in [0, 0.1) is 0 Å². The maximum Gasteiger partial charge on any atom is 0.351 e. The van der Waals surface area contributed by atoms with E-state index in [0.29, 0.717) is 10.2 Å². The number of rotatable bonds is 0. The van der Waals surface area contributed by atoms with Crippen molar-refractivity contribution in [1.29, 1.82) is 0 Å².